The van der Waals surface area contributed by atoms with Crippen molar-refractivity contribution in [2.75, 3.05) is 13.1 Å². The highest BCUT2D eigenvalue weighted by Crippen LogP contribution is 2.31. The molecule has 1 N–H and O–H groups in total. The molecule has 2 fully saturated rings. The van der Waals surface area contributed by atoms with Gasteiger partial charge >= 0.3 is 6.09 Å². The van der Waals surface area contributed by atoms with E-state index in [0.717, 1.165) is 24.1 Å². The molecule has 1 aromatic rings. The number of nitrogens with zero attached hydrogens (tertiary/aromatic N) is 3. The maximum absolute atomic E-state index is 11.0. The fourth-order valence-electron chi connectivity index (χ4n) is 2.91. The van der Waals surface area contributed by atoms with E-state index >= 15 is 0 Å². The summed E-state index contributed by atoms with van der Waals surface area (Å²) in [5.74, 6) is 0. The standard InChI is InChI=1S/C12H14BrN3O2/c13-11-2-1-8(4-14-11)5-15-6-10-3-9(15)7-16(10)12(17)18/h1-2,4,9-10H,3,5-7H2,(H,17,18)/t9-,10-/m0/s1. The summed E-state index contributed by atoms with van der Waals surface area (Å²) in [6.07, 6.45) is 2.05. The van der Waals surface area contributed by atoms with Gasteiger partial charge in [0.1, 0.15) is 4.60 Å². The Bertz CT molecular complexity index is 465. The normalized spacial score (nSPS) is 26.8. The monoisotopic (exact) mass is 311 g/mol. The van der Waals surface area contributed by atoms with Gasteiger partial charge in [-0.05, 0) is 34.0 Å². The average molecular weight is 312 g/mol. The summed E-state index contributed by atoms with van der Waals surface area (Å²) in [5, 5.41) is 9.03. The molecule has 2 bridgehead atoms. The quantitative estimate of drug-likeness (QED) is 0.846. The van der Waals surface area contributed by atoms with Gasteiger partial charge in [-0.3, -0.25) is 4.90 Å². The zero-order chi connectivity index (χ0) is 12.7. The summed E-state index contributed by atoms with van der Waals surface area (Å²) in [7, 11) is 0. The Balaban J connectivity index is 1.64. The summed E-state index contributed by atoms with van der Waals surface area (Å²) >= 11 is 3.32. The maximum atomic E-state index is 11.0. The Morgan fingerprint density at radius 3 is 2.83 bits per heavy atom. The lowest BCUT2D eigenvalue weighted by Gasteiger charge is -2.32. The third-order valence-corrected chi connectivity index (χ3v) is 4.24. The van der Waals surface area contributed by atoms with Crippen LogP contribution in [0.2, 0.25) is 0 Å². The van der Waals surface area contributed by atoms with Crippen LogP contribution < -0.4 is 0 Å². The third-order valence-electron chi connectivity index (χ3n) is 3.77. The molecule has 0 aromatic carbocycles. The molecule has 96 valence electrons. The Labute approximate surface area is 114 Å². The number of likely N-dealkylation sites (tertiary alicyclic amines) is 2. The lowest BCUT2D eigenvalue weighted by molar-refractivity contribution is 0.100. The van der Waals surface area contributed by atoms with E-state index in [4.69, 9.17) is 5.11 Å². The molecule has 0 saturated carbocycles. The van der Waals surface area contributed by atoms with Crippen molar-refractivity contribution in [2.45, 2.75) is 25.0 Å². The predicted octanol–water partition coefficient (Wildman–Crippen LogP) is 1.78. The van der Waals surface area contributed by atoms with E-state index in [1.54, 1.807) is 4.90 Å². The van der Waals surface area contributed by atoms with Crippen LogP contribution >= 0.6 is 15.9 Å². The molecule has 2 saturated heterocycles. The van der Waals surface area contributed by atoms with E-state index in [1.165, 1.54) is 5.56 Å². The van der Waals surface area contributed by atoms with Crippen LogP contribution in [0, 0.1) is 0 Å². The molecule has 6 heteroatoms. The number of carbonyl (C=O) groups is 1. The molecule has 2 aliphatic heterocycles. The number of aromatic nitrogens is 1. The molecular formula is C12H14BrN3O2. The number of pyridine rings is 1. The van der Waals surface area contributed by atoms with Gasteiger partial charge in [-0.15, -0.1) is 0 Å². The lowest BCUT2D eigenvalue weighted by atomic mass is 10.2. The van der Waals surface area contributed by atoms with Crippen molar-refractivity contribution in [1.82, 2.24) is 14.8 Å². The van der Waals surface area contributed by atoms with E-state index in [-0.39, 0.29) is 6.04 Å². The number of hydrogen-bond acceptors (Lipinski definition) is 3. The first-order chi connectivity index (χ1) is 8.63. The van der Waals surface area contributed by atoms with E-state index in [0.29, 0.717) is 12.6 Å². The van der Waals surface area contributed by atoms with Crippen LogP contribution in [-0.2, 0) is 6.54 Å². The minimum atomic E-state index is -0.785. The Kier molecular flexibility index (Phi) is 2.99. The van der Waals surface area contributed by atoms with Crippen LogP contribution in [0.3, 0.4) is 0 Å². The van der Waals surface area contributed by atoms with E-state index < -0.39 is 6.09 Å². The SMILES string of the molecule is O=C(O)N1C[C@@H]2C[C@H]1CN2Cc1ccc(Br)nc1. The number of fused-ring (bicyclic) bond motifs is 2. The first-order valence-electron chi connectivity index (χ1n) is 5.97. The highest BCUT2D eigenvalue weighted by Gasteiger charge is 2.45. The summed E-state index contributed by atoms with van der Waals surface area (Å²) in [6.45, 7) is 2.34. The maximum Gasteiger partial charge on any atom is 0.407 e. The van der Waals surface area contributed by atoms with E-state index in [2.05, 4.69) is 31.9 Å². The third kappa shape index (κ3) is 2.10. The fraction of sp³-hybridized carbons (Fsp3) is 0.500. The van der Waals surface area contributed by atoms with Gasteiger partial charge in [0, 0.05) is 37.9 Å². The summed E-state index contributed by atoms with van der Waals surface area (Å²) in [5.41, 5.74) is 1.17. The Morgan fingerprint density at radius 2 is 2.28 bits per heavy atom. The van der Waals surface area contributed by atoms with Crippen molar-refractivity contribution in [2.24, 2.45) is 0 Å². The molecule has 0 aliphatic carbocycles. The average Bonchev–Trinajstić information content (AvgIpc) is 2.91. The van der Waals surface area contributed by atoms with Gasteiger partial charge in [-0.2, -0.15) is 0 Å². The second-order valence-corrected chi connectivity index (χ2v) is 5.71. The van der Waals surface area contributed by atoms with Gasteiger partial charge in [0.05, 0.1) is 0 Å². The van der Waals surface area contributed by atoms with Crippen LogP contribution in [-0.4, -0.2) is 51.2 Å². The number of piperazine rings is 1. The number of amides is 1. The van der Waals surface area contributed by atoms with Crippen molar-refractivity contribution in [3.8, 4) is 0 Å². The van der Waals surface area contributed by atoms with Crippen molar-refractivity contribution >= 4 is 22.0 Å². The zero-order valence-electron chi connectivity index (χ0n) is 9.79. The number of rotatable bonds is 2. The lowest BCUT2D eigenvalue weighted by Crippen LogP contribution is -2.47. The molecule has 5 nitrogen and oxygen atoms in total. The van der Waals surface area contributed by atoms with Gasteiger partial charge in [-0.1, -0.05) is 6.07 Å². The number of carboxylic acid groups (broad SMARTS) is 1. The molecule has 0 radical (unpaired) electrons. The van der Waals surface area contributed by atoms with Crippen LogP contribution in [0.4, 0.5) is 4.79 Å². The highest BCUT2D eigenvalue weighted by molar-refractivity contribution is 9.10. The highest BCUT2D eigenvalue weighted by atomic mass is 79.9. The molecule has 0 unspecified atom stereocenters. The van der Waals surface area contributed by atoms with Crippen molar-refractivity contribution < 1.29 is 9.90 Å². The van der Waals surface area contributed by atoms with Gasteiger partial charge in [0.25, 0.3) is 0 Å². The molecule has 3 heterocycles. The molecule has 1 amide bonds. The minimum absolute atomic E-state index is 0.177. The molecular weight excluding hydrogens is 298 g/mol. The topological polar surface area (TPSA) is 56.7 Å². The van der Waals surface area contributed by atoms with Crippen molar-refractivity contribution in [1.29, 1.82) is 0 Å². The molecule has 2 atom stereocenters. The van der Waals surface area contributed by atoms with Crippen LogP contribution in [0.1, 0.15) is 12.0 Å². The molecule has 18 heavy (non-hydrogen) atoms. The first-order valence-corrected chi connectivity index (χ1v) is 6.77. The number of halogens is 1. The Morgan fingerprint density at radius 1 is 1.44 bits per heavy atom. The van der Waals surface area contributed by atoms with Crippen molar-refractivity contribution in [3.63, 3.8) is 0 Å². The predicted molar refractivity (Wildman–Crippen MR) is 69.3 cm³/mol. The van der Waals surface area contributed by atoms with Gasteiger partial charge < -0.3 is 10.0 Å². The van der Waals surface area contributed by atoms with Crippen LogP contribution in [0.5, 0.6) is 0 Å². The zero-order valence-corrected chi connectivity index (χ0v) is 11.4. The summed E-state index contributed by atoms with van der Waals surface area (Å²) in [6, 6.07) is 4.54. The number of hydrogen-bond donors (Lipinski definition) is 1. The first kappa shape index (κ1) is 11.9. The fourth-order valence-corrected chi connectivity index (χ4v) is 3.15. The molecule has 1 aromatic heterocycles. The summed E-state index contributed by atoms with van der Waals surface area (Å²) in [4.78, 5) is 19.1. The van der Waals surface area contributed by atoms with Crippen molar-refractivity contribution in [3.05, 3.63) is 28.5 Å². The van der Waals surface area contributed by atoms with E-state index in [9.17, 15) is 4.79 Å². The summed E-state index contributed by atoms with van der Waals surface area (Å²) < 4.78 is 0.839. The van der Waals surface area contributed by atoms with Crippen LogP contribution in [0.25, 0.3) is 0 Å². The molecule has 0 spiro atoms. The van der Waals surface area contributed by atoms with Gasteiger partial charge in [0.15, 0.2) is 0 Å². The van der Waals surface area contributed by atoms with Gasteiger partial charge in [-0.25, -0.2) is 9.78 Å². The minimum Gasteiger partial charge on any atom is -0.465 e. The molecule has 3 rings (SSSR count). The van der Waals surface area contributed by atoms with Gasteiger partial charge in [0.2, 0.25) is 0 Å². The largest absolute Gasteiger partial charge is 0.465 e. The second kappa shape index (κ2) is 4.51. The molecule has 2 aliphatic rings. The second-order valence-electron chi connectivity index (χ2n) is 4.90. The smallest absolute Gasteiger partial charge is 0.407 e. The van der Waals surface area contributed by atoms with E-state index in [1.807, 2.05) is 12.3 Å². The Hall–Kier alpha value is -1.14. The van der Waals surface area contributed by atoms with Crippen LogP contribution in [0.15, 0.2) is 22.9 Å².